The fraction of sp³-hybridized carbons (Fsp3) is 0.692. The van der Waals surface area contributed by atoms with Gasteiger partial charge in [-0.05, 0) is 34.6 Å². The van der Waals surface area contributed by atoms with E-state index in [2.05, 4.69) is 4.98 Å². The molecule has 1 rings (SSSR count). The van der Waals surface area contributed by atoms with E-state index in [1.165, 1.54) is 4.88 Å². The van der Waals surface area contributed by atoms with Crippen LogP contribution in [0.4, 0.5) is 0 Å². The summed E-state index contributed by atoms with van der Waals surface area (Å²) in [5, 5.41) is 0. The standard InChI is InChI=1S/C13H21NO3S/c1-9-11(18-8-14-9)6-7-16-10(2)12(15)17-13(3,4)5/h8,10H,6-7H2,1-5H3. The van der Waals surface area contributed by atoms with E-state index in [0.717, 1.165) is 12.1 Å². The Kier molecular flexibility index (Phi) is 5.28. The minimum Gasteiger partial charge on any atom is -0.458 e. The third kappa shape index (κ3) is 5.14. The van der Waals surface area contributed by atoms with Crippen LogP contribution in [0.5, 0.6) is 0 Å². The first kappa shape index (κ1) is 15.1. The first-order valence-electron chi connectivity index (χ1n) is 6.03. The van der Waals surface area contributed by atoms with Crippen LogP contribution >= 0.6 is 11.3 Å². The fourth-order valence-corrected chi connectivity index (χ4v) is 2.11. The quantitative estimate of drug-likeness (QED) is 0.773. The van der Waals surface area contributed by atoms with Gasteiger partial charge in [-0.15, -0.1) is 11.3 Å². The average Bonchev–Trinajstić information content (AvgIpc) is 2.62. The molecule has 0 bridgehead atoms. The minimum atomic E-state index is -0.530. The number of hydrogen-bond donors (Lipinski definition) is 0. The zero-order valence-electron chi connectivity index (χ0n) is 11.6. The molecule has 0 radical (unpaired) electrons. The number of carbonyl (C=O) groups excluding carboxylic acids is 1. The molecule has 0 N–H and O–H groups in total. The lowest BCUT2D eigenvalue weighted by Crippen LogP contribution is -2.32. The topological polar surface area (TPSA) is 48.4 Å². The van der Waals surface area contributed by atoms with Gasteiger partial charge in [-0.25, -0.2) is 9.78 Å². The predicted octanol–water partition coefficient (Wildman–Crippen LogP) is 2.74. The lowest BCUT2D eigenvalue weighted by molar-refractivity contribution is -0.167. The summed E-state index contributed by atoms with van der Waals surface area (Å²) in [6, 6.07) is 0. The normalized spacial score (nSPS) is 13.4. The molecular weight excluding hydrogens is 250 g/mol. The summed E-state index contributed by atoms with van der Waals surface area (Å²) in [6.07, 6.45) is 0.251. The van der Waals surface area contributed by atoms with E-state index >= 15 is 0 Å². The third-order valence-corrected chi connectivity index (χ3v) is 3.28. The molecule has 4 nitrogen and oxygen atoms in total. The van der Waals surface area contributed by atoms with Crippen molar-refractivity contribution in [1.29, 1.82) is 0 Å². The molecule has 0 spiro atoms. The van der Waals surface area contributed by atoms with Gasteiger partial charge in [0.15, 0.2) is 6.10 Å². The van der Waals surface area contributed by atoms with Crippen molar-refractivity contribution in [3.63, 3.8) is 0 Å². The number of carbonyl (C=O) groups is 1. The van der Waals surface area contributed by atoms with Crippen LogP contribution in [-0.2, 0) is 20.7 Å². The molecule has 5 heteroatoms. The summed E-state index contributed by atoms with van der Waals surface area (Å²) < 4.78 is 10.7. The highest BCUT2D eigenvalue weighted by molar-refractivity contribution is 7.09. The van der Waals surface area contributed by atoms with E-state index in [1.807, 2.05) is 33.2 Å². The number of rotatable bonds is 5. The second-order valence-corrected chi connectivity index (χ2v) is 6.10. The van der Waals surface area contributed by atoms with Gasteiger partial charge in [-0.3, -0.25) is 0 Å². The molecular formula is C13H21NO3S. The first-order valence-corrected chi connectivity index (χ1v) is 6.91. The molecule has 0 fully saturated rings. The van der Waals surface area contributed by atoms with Crippen LogP contribution in [0.25, 0.3) is 0 Å². The molecule has 1 aromatic heterocycles. The Hall–Kier alpha value is -0.940. The molecule has 0 aliphatic heterocycles. The number of nitrogens with zero attached hydrogens (tertiary/aromatic N) is 1. The van der Waals surface area contributed by atoms with Gasteiger partial charge in [-0.2, -0.15) is 0 Å². The summed E-state index contributed by atoms with van der Waals surface area (Å²) in [4.78, 5) is 17.0. The SMILES string of the molecule is Cc1ncsc1CCOC(C)C(=O)OC(C)(C)C. The molecule has 0 amide bonds. The van der Waals surface area contributed by atoms with Crippen molar-refractivity contribution < 1.29 is 14.3 Å². The molecule has 0 aliphatic carbocycles. The second kappa shape index (κ2) is 6.29. The van der Waals surface area contributed by atoms with Gasteiger partial charge in [0.25, 0.3) is 0 Å². The van der Waals surface area contributed by atoms with Crippen LogP contribution in [0, 0.1) is 6.92 Å². The van der Waals surface area contributed by atoms with E-state index in [4.69, 9.17) is 9.47 Å². The predicted molar refractivity (Wildman–Crippen MR) is 71.8 cm³/mol. The maximum Gasteiger partial charge on any atom is 0.335 e. The van der Waals surface area contributed by atoms with Crippen molar-refractivity contribution in [3.05, 3.63) is 16.1 Å². The molecule has 0 aromatic carbocycles. The van der Waals surface area contributed by atoms with E-state index in [9.17, 15) is 4.79 Å². The number of thiazole rings is 1. The van der Waals surface area contributed by atoms with Crippen molar-refractivity contribution >= 4 is 17.3 Å². The molecule has 102 valence electrons. The monoisotopic (exact) mass is 271 g/mol. The van der Waals surface area contributed by atoms with Crippen molar-refractivity contribution in [1.82, 2.24) is 4.98 Å². The van der Waals surface area contributed by atoms with Crippen molar-refractivity contribution in [3.8, 4) is 0 Å². The van der Waals surface area contributed by atoms with Crippen molar-refractivity contribution in [2.24, 2.45) is 0 Å². The highest BCUT2D eigenvalue weighted by atomic mass is 32.1. The molecule has 18 heavy (non-hydrogen) atoms. The van der Waals surface area contributed by atoms with Gasteiger partial charge in [0, 0.05) is 11.3 Å². The maximum absolute atomic E-state index is 11.7. The second-order valence-electron chi connectivity index (χ2n) is 5.16. The Morgan fingerprint density at radius 2 is 2.17 bits per heavy atom. The van der Waals surface area contributed by atoms with Crippen LogP contribution in [0.1, 0.15) is 38.3 Å². The van der Waals surface area contributed by atoms with Crippen molar-refractivity contribution in [2.75, 3.05) is 6.61 Å². The maximum atomic E-state index is 11.7. The molecule has 1 aromatic rings. The Morgan fingerprint density at radius 1 is 1.50 bits per heavy atom. The van der Waals surface area contributed by atoms with Crippen LogP contribution in [-0.4, -0.2) is 29.3 Å². The van der Waals surface area contributed by atoms with Gasteiger partial charge in [0.05, 0.1) is 17.8 Å². The minimum absolute atomic E-state index is 0.316. The molecule has 0 saturated heterocycles. The van der Waals surface area contributed by atoms with Crippen LogP contribution in [0.15, 0.2) is 5.51 Å². The lowest BCUT2D eigenvalue weighted by Gasteiger charge is -2.22. The van der Waals surface area contributed by atoms with E-state index < -0.39 is 11.7 Å². The number of esters is 1. The smallest absolute Gasteiger partial charge is 0.335 e. The van der Waals surface area contributed by atoms with E-state index in [-0.39, 0.29) is 5.97 Å². The Morgan fingerprint density at radius 3 is 2.67 bits per heavy atom. The zero-order valence-corrected chi connectivity index (χ0v) is 12.5. The molecule has 0 saturated carbocycles. The summed E-state index contributed by atoms with van der Waals surface area (Å²) in [5.41, 5.74) is 2.39. The Bertz CT molecular complexity index is 395. The summed E-state index contributed by atoms with van der Waals surface area (Å²) in [5.74, 6) is -0.316. The highest BCUT2D eigenvalue weighted by Crippen LogP contribution is 2.14. The van der Waals surface area contributed by atoms with Crippen molar-refractivity contribution in [2.45, 2.75) is 52.7 Å². The highest BCUT2D eigenvalue weighted by Gasteiger charge is 2.22. The summed E-state index contributed by atoms with van der Waals surface area (Å²) >= 11 is 1.61. The number of aromatic nitrogens is 1. The number of aryl methyl sites for hydroxylation is 1. The van der Waals surface area contributed by atoms with Gasteiger partial charge < -0.3 is 9.47 Å². The Labute approximate surface area is 112 Å². The first-order chi connectivity index (χ1) is 8.29. The zero-order chi connectivity index (χ0) is 13.8. The molecule has 0 aliphatic rings. The van der Waals surface area contributed by atoms with E-state index in [1.54, 1.807) is 18.3 Å². The molecule has 1 unspecified atom stereocenters. The van der Waals surface area contributed by atoms with Gasteiger partial charge in [-0.1, -0.05) is 0 Å². The van der Waals surface area contributed by atoms with Crippen LogP contribution < -0.4 is 0 Å². The van der Waals surface area contributed by atoms with E-state index in [0.29, 0.717) is 6.61 Å². The molecule has 1 heterocycles. The van der Waals surface area contributed by atoms with Gasteiger partial charge >= 0.3 is 5.97 Å². The summed E-state index contributed by atoms with van der Waals surface area (Å²) in [6.45, 7) is 9.73. The number of ether oxygens (including phenoxy) is 2. The third-order valence-electron chi connectivity index (χ3n) is 2.28. The summed E-state index contributed by atoms with van der Waals surface area (Å²) in [7, 11) is 0. The van der Waals surface area contributed by atoms with Crippen LogP contribution in [0.3, 0.4) is 0 Å². The fourth-order valence-electron chi connectivity index (χ4n) is 1.35. The van der Waals surface area contributed by atoms with Crippen LogP contribution in [0.2, 0.25) is 0 Å². The average molecular weight is 271 g/mol. The Balaban J connectivity index is 2.31. The molecule has 1 atom stereocenters. The number of hydrogen-bond acceptors (Lipinski definition) is 5. The lowest BCUT2D eigenvalue weighted by atomic mass is 10.2. The largest absolute Gasteiger partial charge is 0.458 e. The van der Waals surface area contributed by atoms with Gasteiger partial charge in [0.2, 0.25) is 0 Å². The van der Waals surface area contributed by atoms with Gasteiger partial charge in [0.1, 0.15) is 5.60 Å².